The van der Waals surface area contributed by atoms with Crippen LogP contribution in [0.25, 0.3) is 16.3 Å². The van der Waals surface area contributed by atoms with Crippen LogP contribution in [-0.4, -0.2) is 32.2 Å². The third kappa shape index (κ3) is 4.48. The van der Waals surface area contributed by atoms with Gasteiger partial charge < -0.3 is 14.2 Å². The Morgan fingerprint density at radius 2 is 1.77 bits per heavy atom. The summed E-state index contributed by atoms with van der Waals surface area (Å²) in [4.78, 5) is 16.2. The first-order chi connectivity index (χ1) is 14.3. The molecule has 0 aliphatic carbocycles. The highest BCUT2D eigenvalue weighted by Gasteiger charge is 2.33. The zero-order valence-corrected chi connectivity index (χ0v) is 17.0. The minimum absolute atomic E-state index is 0.0706. The number of aromatic nitrogens is 1. The normalized spacial score (nSPS) is 11.7. The van der Waals surface area contributed by atoms with Crippen molar-refractivity contribution >= 4 is 38.7 Å². The fourth-order valence-corrected chi connectivity index (χ4v) is 3.64. The van der Waals surface area contributed by atoms with E-state index in [2.05, 4.69) is 10.3 Å². The second-order valence-electron chi connectivity index (χ2n) is 5.95. The van der Waals surface area contributed by atoms with E-state index in [0.29, 0.717) is 27.5 Å². The number of para-hydroxylation sites is 1. The van der Waals surface area contributed by atoms with Crippen molar-refractivity contribution in [2.75, 3.05) is 26.6 Å². The molecule has 0 aliphatic heterocycles. The van der Waals surface area contributed by atoms with E-state index in [0.717, 1.165) is 17.4 Å². The monoisotopic (exact) mass is 438 g/mol. The number of ether oxygens (including phenoxy) is 3. The predicted molar refractivity (Wildman–Crippen MR) is 108 cm³/mol. The minimum atomic E-state index is -4.53. The maximum Gasteiger partial charge on any atom is 0.418 e. The number of thiazole rings is 1. The fraction of sp³-hybridized carbons (Fsp3) is 0.200. The Bertz CT molecular complexity index is 1080. The highest BCUT2D eigenvalue weighted by molar-refractivity contribution is 7.22. The molecule has 10 heteroatoms. The molecule has 3 aromatic rings. The van der Waals surface area contributed by atoms with E-state index in [1.54, 1.807) is 12.1 Å². The van der Waals surface area contributed by atoms with Gasteiger partial charge in [0.05, 0.1) is 37.1 Å². The Hall–Kier alpha value is -3.27. The SMILES string of the molecule is COc1cc(/C=C/C(=O)Nc2nc3c(C(F)(F)F)cccc3s2)cc(OC)c1OC. The summed E-state index contributed by atoms with van der Waals surface area (Å²) in [5.41, 5.74) is -0.438. The summed E-state index contributed by atoms with van der Waals surface area (Å²) >= 11 is 0.961. The smallest absolute Gasteiger partial charge is 0.418 e. The van der Waals surface area contributed by atoms with Crippen molar-refractivity contribution in [1.82, 2.24) is 4.98 Å². The standard InChI is InChI=1S/C20H17F3N2O4S/c1-27-13-9-11(10-14(28-2)18(13)29-3)7-8-16(26)24-19-25-17-12(20(21,22)23)5-4-6-15(17)30-19/h4-10H,1-3H3,(H,24,25,26)/b8-7+. The van der Waals surface area contributed by atoms with Crippen molar-refractivity contribution in [3.8, 4) is 17.2 Å². The summed E-state index contributed by atoms with van der Waals surface area (Å²) in [5.74, 6) is 0.707. The number of nitrogens with zero attached hydrogens (tertiary/aromatic N) is 1. The molecule has 0 saturated heterocycles. The van der Waals surface area contributed by atoms with E-state index in [1.807, 2.05) is 0 Å². The number of amides is 1. The minimum Gasteiger partial charge on any atom is -0.493 e. The number of hydrogen-bond donors (Lipinski definition) is 1. The van der Waals surface area contributed by atoms with Gasteiger partial charge in [-0.3, -0.25) is 10.1 Å². The molecule has 6 nitrogen and oxygen atoms in total. The number of alkyl halides is 3. The molecule has 0 unspecified atom stereocenters. The van der Waals surface area contributed by atoms with Gasteiger partial charge in [-0.1, -0.05) is 17.4 Å². The molecule has 0 spiro atoms. The third-order valence-electron chi connectivity index (χ3n) is 4.07. The van der Waals surface area contributed by atoms with Crippen molar-refractivity contribution < 1.29 is 32.2 Å². The van der Waals surface area contributed by atoms with Gasteiger partial charge in [-0.2, -0.15) is 13.2 Å². The number of hydrogen-bond acceptors (Lipinski definition) is 6. The summed E-state index contributed by atoms with van der Waals surface area (Å²) in [6.45, 7) is 0. The molecule has 0 radical (unpaired) electrons. The predicted octanol–water partition coefficient (Wildman–Crippen LogP) is 4.99. The molecule has 0 bridgehead atoms. The summed E-state index contributed by atoms with van der Waals surface area (Å²) < 4.78 is 55.4. The highest BCUT2D eigenvalue weighted by atomic mass is 32.1. The number of halogens is 3. The summed E-state index contributed by atoms with van der Waals surface area (Å²) in [6.07, 6.45) is -1.78. The Balaban J connectivity index is 1.81. The molecule has 158 valence electrons. The highest BCUT2D eigenvalue weighted by Crippen LogP contribution is 2.39. The molecule has 2 aromatic carbocycles. The van der Waals surface area contributed by atoms with E-state index in [9.17, 15) is 18.0 Å². The molecule has 0 aliphatic rings. The molecular weight excluding hydrogens is 421 g/mol. The van der Waals surface area contributed by atoms with E-state index in [1.165, 1.54) is 45.6 Å². The quantitative estimate of drug-likeness (QED) is 0.549. The topological polar surface area (TPSA) is 69.7 Å². The number of benzene rings is 2. The van der Waals surface area contributed by atoms with Crippen LogP contribution in [0.15, 0.2) is 36.4 Å². The van der Waals surface area contributed by atoms with Crippen LogP contribution >= 0.6 is 11.3 Å². The van der Waals surface area contributed by atoms with Gasteiger partial charge in [0.25, 0.3) is 0 Å². The average molecular weight is 438 g/mol. The van der Waals surface area contributed by atoms with Crippen molar-refractivity contribution in [2.45, 2.75) is 6.18 Å². The number of carbonyl (C=O) groups excluding carboxylic acids is 1. The van der Waals surface area contributed by atoms with Gasteiger partial charge in [-0.15, -0.1) is 0 Å². The number of anilines is 1. The molecule has 0 atom stereocenters. The van der Waals surface area contributed by atoms with Crippen LogP contribution < -0.4 is 19.5 Å². The van der Waals surface area contributed by atoms with Crippen LogP contribution in [0.3, 0.4) is 0 Å². The molecule has 0 saturated carbocycles. The molecular formula is C20H17F3N2O4S. The lowest BCUT2D eigenvalue weighted by molar-refractivity contribution is -0.136. The van der Waals surface area contributed by atoms with Crippen LogP contribution in [0.5, 0.6) is 17.2 Å². The van der Waals surface area contributed by atoms with E-state index in [-0.39, 0.29) is 10.6 Å². The maximum absolute atomic E-state index is 13.1. The lowest BCUT2D eigenvalue weighted by atomic mass is 10.1. The van der Waals surface area contributed by atoms with Gasteiger partial charge >= 0.3 is 6.18 Å². The van der Waals surface area contributed by atoms with Gasteiger partial charge in [0.1, 0.15) is 0 Å². The Kier molecular flexibility index (Phi) is 6.16. The third-order valence-corrected chi connectivity index (χ3v) is 5.00. The molecule has 3 rings (SSSR count). The molecule has 1 heterocycles. The van der Waals surface area contributed by atoms with Crippen LogP contribution in [0, 0.1) is 0 Å². The van der Waals surface area contributed by atoms with Crippen molar-refractivity contribution in [2.24, 2.45) is 0 Å². The van der Waals surface area contributed by atoms with Gasteiger partial charge in [0, 0.05) is 6.08 Å². The van der Waals surface area contributed by atoms with Crippen LogP contribution in [0.2, 0.25) is 0 Å². The Morgan fingerprint density at radius 1 is 1.10 bits per heavy atom. The average Bonchev–Trinajstić information content (AvgIpc) is 3.12. The van der Waals surface area contributed by atoms with Crippen LogP contribution in [-0.2, 0) is 11.0 Å². The molecule has 0 fully saturated rings. The van der Waals surface area contributed by atoms with Crippen molar-refractivity contribution in [3.63, 3.8) is 0 Å². The maximum atomic E-state index is 13.1. The van der Waals surface area contributed by atoms with Crippen molar-refractivity contribution in [1.29, 1.82) is 0 Å². The first kappa shape index (κ1) is 21.4. The van der Waals surface area contributed by atoms with Gasteiger partial charge in [0.2, 0.25) is 11.7 Å². The molecule has 1 amide bonds. The number of methoxy groups -OCH3 is 3. The number of fused-ring (bicyclic) bond motifs is 1. The van der Waals surface area contributed by atoms with Crippen LogP contribution in [0.4, 0.5) is 18.3 Å². The first-order valence-corrected chi connectivity index (χ1v) is 9.34. The summed E-state index contributed by atoms with van der Waals surface area (Å²) in [5, 5.41) is 2.56. The summed E-state index contributed by atoms with van der Waals surface area (Å²) in [6, 6.07) is 7.08. The lowest BCUT2D eigenvalue weighted by Gasteiger charge is -2.12. The largest absolute Gasteiger partial charge is 0.493 e. The van der Waals surface area contributed by atoms with E-state index in [4.69, 9.17) is 14.2 Å². The molecule has 1 aromatic heterocycles. The Morgan fingerprint density at radius 3 is 2.33 bits per heavy atom. The van der Waals surface area contributed by atoms with Crippen LogP contribution in [0.1, 0.15) is 11.1 Å². The van der Waals surface area contributed by atoms with Gasteiger partial charge in [-0.25, -0.2) is 4.98 Å². The van der Waals surface area contributed by atoms with Gasteiger partial charge in [-0.05, 0) is 35.9 Å². The number of carbonyl (C=O) groups is 1. The molecule has 1 N–H and O–H groups in total. The zero-order valence-electron chi connectivity index (χ0n) is 16.2. The van der Waals surface area contributed by atoms with E-state index < -0.39 is 17.6 Å². The lowest BCUT2D eigenvalue weighted by Crippen LogP contribution is -2.08. The number of rotatable bonds is 6. The zero-order chi connectivity index (χ0) is 21.9. The number of nitrogens with one attached hydrogen (secondary N) is 1. The first-order valence-electron chi connectivity index (χ1n) is 8.52. The van der Waals surface area contributed by atoms with E-state index >= 15 is 0 Å². The fourth-order valence-electron chi connectivity index (χ4n) is 2.75. The summed E-state index contributed by atoms with van der Waals surface area (Å²) in [7, 11) is 4.42. The Labute approximate surface area is 173 Å². The van der Waals surface area contributed by atoms with Crippen molar-refractivity contribution in [3.05, 3.63) is 47.5 Å². The second-order valence-corrected chi connectivity index (χ2v) is 6.98. The van der Waals surface area contributed by atoms with Gasteiger partial charge in [0.15, 0.2) is 16.6 Å². The second kappa shape index (κ2) is 8.62. The molecule has 30 heavy (non-hydrogen) atoms.